The molecule has 1 aliphatic carbocycles. The van der Waals surface area contributed by atoms with E-state index < -0.39 is 12.0 Å². The highest BCUT2D eigenvalue weighted by molar-refractivity contribution is 5.86. The molecule has 30 heavy (non-hydrogen) atoms. The Balaban J connectivity index is 1.61. The minimum Gasteiger partial charge on any atom is -0.460 e. The Bertz CT molecular complexity index is 919. The van der Waals surface area contributed by atoms with Crippen LogP contribution in [-0.2, 0) is 31.8 Å². The van der Waals surface area contributed by atoms with Crippen LogP contribution < -0.4 is 11.1 Å². The standard InChI is InChI=1S/C25H32N2O3/c1-24(2)12-13-25(3,4)20-14-18(10-11-19(20)24)22(26)23(29)27-15-21(28)30-16-17-8-6-5-7-9-17/h5-11,14,22H,12-13,15-16,26H2,1-4H3,(H,27,29). The second-order valence-electron chi connectivity index (χ2n) is 9.41. The third kappa shape index (κ3) is 4.90. The fourth-order valence-electron chi connectivity index (χ4n) is 4.01. The molecule has 0 aromatic heterocycles. The molecule has 2 aromatic carbocycles. The normalized spacial score (nSPS) is 17.5. The van der Waals surface area contributed by atoms with Gasteiger partial charge in [0.1, 0.15) is 19.2 Å². The zero-order chi connectivity index (χ0) is 21.9. The van der Waals surface area contributed by atoms with Crippen LogP contribution in [-0.4, -0.2) is 18.4 Å². The average Bonchev–Trinajstić information content (AvgIpc) is 2.73. The third-order valence-electron chi connectivity index (χ3n) is 6.17. The molecule has 1 amide bonds. The Morgan fingerprint density at radius 3 is 2.30 bits per heavy atom. The lowest BCUT2D eigenvalue weighted by Crippen LogP contribution is -2.38. The third-order valence-corrected chi connectivity index (χ3v) is 6.17. The first-order chi connectivity index (χ1) is 14.1. The van der Waals surface area contributed by atoms with E-state index >= 15 is 0 Å². The van der Waals surface area contributed by atoms with Gasteiger partial charge in [0.05, 0.1) is 0 Å². The molecule has 3 rings (SSSR count). The van der Waals surface area contributed by atoms with Crippen LogP contribution >= 0.6 is 0 Å². The highest BCUT2D eigenvalue weighted by Crippen LogP contribution is 2.46. The summed E-state index contributed by atoms with van der Waals surface area (Å²) in [6.07, 6.45) is 2.22. The Hall–Kier alpha value is -2.66. The van der Waals surface area contributed by atoms with Gasteiger partial charge >= 0.3 is 5.97 Å². The number of carbonyl (C=O) groups excluding carboxylic acids is 2. The van der Waals surface area contributed by atoms with E-state index in [0.717, 1.165) is 24.0 Å². The number of benzene rings is 2. The SMILES string of the molecule is CC1(C)CCC(C)(C)c2cc(C(N)C(=O)NCC(=O)OCc3ccccc3)ccc21. The van der Waals surface area contributed by atoms with Gasteiger partial charge in [-0.2, -0.15) is 0 Å². The van der Waals surface area contributed by atoms with Crippen molar-refractivity contribution in [3.05, 3.63) is 70.8 Å². The van der Waals surface area contributed by atoms with Crippen LogP contribution in [0.1, 0.15) is 68.8 Å². The molecule has 5 heteroatoms. The largest absolute Gasteiger partial charge is 0.460 e. The molecule has 1 aliphatic rings. The van der Waals surface area contributed by atoms with E-state index in [9.17, 15) is 9.59 Å². The first kappa shape index (κ1) is 22.0. The molecule has 0 fully saturated rings. The maximum Gasteiger partial charge on any atom is 0.325 e. The molecule has 5 nitrogen and oxygen atoms in total. The summed E-state index contributed by atoms with van der Waals surface area (Å²) in [5.41, 5.74) is 10.6. The molecule has 0 heterocycles. The van der Waals surface area contributed by atoms with Crippen molar-refractivity contribution in [2.24, 2.45) is 5.73 Å². The van der Waals surface area contributed by atoms with Crippen molar-refractivity contribution < 1.29 is 14.3 Å². The van der Waals surface area contributed by atoms with Gasteiger partial charge in [0, 0.05) is 0 Å². The molecule has 160 valence electrons. The van der Waals surface area contributed by atoms with Crippen molar-refractivity contribution in [2.45, 2.75) is 64.0 Å². The summed E-state index contributed by atoms with van der Waals surface area (Å²) < 4.78 is 5.19. The number of fused-ring (bicyclic) bond motifs is 1. The van der Waals surface area contributed by atoms with Gasteiger partial charge in [-0.3, -0.25) is 9.59 Å². The smallest absolute Gasteiger partial charge is 0.325 e. The molecule has 1 atom stereocenters. The Labute approximate surface area is 179 Å². The van der Waals surface area contributed by atoms with E-state index in [4.69, 9.17) is 10.5 Å². The van der Waals surface area contributed by atoms with Crippen LogP contribution in [0.15, 0.2) is 48.5 Å². The van der Waals surface area contributed by atoms with Crippen LogP contribution in [0.4, 0.5) is 0 Å². The molecular formula is C25H32N2O3. The quantitative estimate of drug-likeness (QED) is 0.711. The molecule has 0 saturated heterocycles. The first-order valence-electron chi connectivity index (χ1n) is 10.5. The van der Waals surface area contributed by atoms with Crippen LogP contribution in [0.3, 0.4) is 0 Å². The maximum absolute atomic E-state index is 12.5. The van der Waals surface area contributed by atoms with Crippen LogP contribution in [0.25, 0.3) is 0 Å². The highest BCUT2D eigenvalue weighted by atomic mass is 16.5. The summed E-state index contributed by atoms with van der Waals surface area (Å²) in [7, 11) is 0. The zero-order valence-electron chi connectivity index (χ0n) is 18.3. The number of amides is 1. The van der Waals surface area contributed by atoms with Gasteiger partial charge in [-0.1, -0.05) is 76.2 Å². The van der Waals surface area contributed by atoms with Crippen molar-refractivity contribution in [1.29, 1.82) is 0 Å². The lowest BCUT2D eigenvalue weighted by Gasteiger charge is -2.42. The summed E-state index contributed by atoms with van der Waals surface area (Å²) in [6, 6.07) is 14.7. The molecule has 0 bridgehead atoms. The van der Waals surface area contributed by atoms with E-state index in [1.165, 1.54) is 11.1 Å². The summed E-state index contributed by atoms with van der Waals surface area (Å²) >= 11 is 0. The highest BCUT2D eigenvalue weighted by Gasteiger charge is 2.37. The van der Waals surface area contributed by atoms with E-state index in [1.54, 1.807) is 0 Å². The predicted octanol–water partition coefficient (Wildman–Crippen LogP) is 3.90. The van der Waals surface area contributed by atoms with E-state index in [0.29, 0.717) is 0 Å². The number of ether oxygens (including phenoxy) is 1. The molecule has 1 unspecified atom stereocenters. The fraction of sp³-hybridized carbons (Fsp3) is 0.440. The lowest BCUT2D eigenvalue weighted by molar-refractivity contribution is -0.145. The molecule has 0 aliphatic heterocycles. The van der Waals surface area contributed by atoms with Gasteiger partial charge in [-0.05, 0) is 45.9 Å². The van der Waals surface area contributed by atoms with E-state index in [2.05, 4.69) is 45.1 Å². The number of carbonyl (C=O) groups is 2. The summed E-state index contributed by atoms with van der Waals surface area (Å²) in [5.74, 6) is -0.882. The molecule has 2 aromatic rings. The fourth-order valence-corrected chi connectivity index (χ4v) is 4.01. The van der Waals surface area contributed by atoms with Gasteiger partial charge in [0.25, 0.3) is 0 Å². The van der Waals surface area contributed by atoms with Gasteiger partial charge in [-0.25, -0.2) is 0 Å². The number of hydrogen-bond acceptors (Lipinski definition) is 4. The second kappa shape index (κ2) is 8.60. The van der Waals surface area contributed by atoms with Crippen molar-refractivity contribution in [3.8, 4) is 0 Å². The summed E-state index contributed by atoms with van der Waals surface area (Å²) in [4.78, 5) is 24.5. The Kier molecular flexibility index (Phi) is 6.32. The number of hydrogen-bond donors (Lipinski definition) is 2. The maximum atomic E-state index is 12.5. The van der Waals surface area contributed by atoms with Gasteiger partial charge in [-0.15, -0.1) is 0 Å². The van der Waals surface area contributed by atoms with Gasteiger partial charge in [0.15, 0.2) is 0 Å². The Morgan fingerprint density at radius 2 is 1.63 bits per heavy atom. The van der Waals surface area contributed by atoms with Crippen molar-refractivity contribution in [1.82, 2.24) is 5.32 Å². The van der Waals surface area contributed by atoms with E-state index in [-0.39, 0.29) is 29.9 Å². The average molecular weight is 409 g/mol. The monoisotopic (exact) mass is 408 g/mol. The second-order valence-corrected chi connectivity index (χ2v) is 9.41. The molecule has 0 radical (unpaired) electrons. The summed E-state index contributed by atoms with van der Waals surface area (Å²) in [5, 5.41) is 2.60. The van der Waals surface area contributed by atoms with Gasteiger partial charge in [0.2, 0.25) is 5.91 Å². The number of nitrogens with one attached hydrogen (secondary N) is 1. The van der Waals surface area contributed by atoms with Crippen LogP contribution in [0, 0.1) is 0 Å². The number of rotatable bonds is 6. The Morgan fingerprint density at radius 1 is 1.00 bits per heavy atom. The van der Waals surface area contributed by atoms with E-state index in [1.807, 2.05) is 36.4 Å². The molecule has 3 N–H and O–H groups in total. The zero-order valence-corrected chi connectivity index (χ0v) is 18.3. The lowest BCUT2D eigenvalue weighted by atomic mass is 9.63. The van der Waals surface area contributed by atoms with Crippen molar-refractivity contribution in [2.75, 3.05) is 6.54 Å². The van der Waals surface area contributed by atoms with Crippen molar-refractivity contribution in [3.63, 3.8) is 0 Å². The topological polar surface area (TPSA) is 81.4 Å². The van der Waals surface area contributed by atoms with Gasteiger partial charge < -0.3 is 15.8 Å². The summed E-state index contributed by atoms with van der Waals surface area (Å²) in [6.45, 7) is 8.96. The van der Waals surface area contributed by atoms with Crippen molar-refractivity contribution >= 4 is 11.9 Å². The first-order valence-corrected chi connectivity index (χ1v) is 10.5. The number of esters is 1. The number of nitrogens with two attached hydrogens (primary N) is 1. The predicted molar refractivity (Wildman–Crippen MR) is 118 cm³/mol. The van der Waals surface area contributed by atoms with Crippen LogP contribution in [0.5, 0.6) is 0 Å². The van der Waals surface area contributed by atoms with Crippen LogP contribution in [0.2, 0.25) is 0 Å². The molecule has 0 saturated carbocycles. The molecule has 0 spiro atoms. The molecular weight excluding hydrogens is 376 g/mol. The minimum absolute atomic E-state index is 0.0400. The minimum atomic E-state index is -0.835.